The highest BCUT2D eigenvalue weighted by molar-refractivity contribution is 5.90. The maximum atomic E-state index is 6.08. The first-order chi connectivity index (χ1) is 8.22. The molecule has 3 rings (SSSR count). The van der Waals surface area contributed by atoms with E-state index in [9.17, 15) is 0 Å². The van der Waals surface area contributed by atoms with Gasteiger partial charge in [0, 0.05) is 24.2 Å². The van der Waals surface area contributed by atoms with Gasteiger partial charge in [0.1, 0.15) is 5.75 Å². The van der Waals surface area contributed by atoms with E-state index in [0.717, 1.165) is 25.0 Å². The summed E-state index contributed by atoms with van der Waals surface area (Å²) < 4.78 is 7.73. The molecule has 1 unspecified atom stereocenters. The van der Waals surface area contributed by atoms with Crippen LogP contribution in [0, 0.1) is 0 Å². The minimum Gasteiger partial charge on any atom is -0.495 e. The molecule has 2 N–H and O–H groups in total. The van der Waals surface area contributed by atoms with Crippen LogP contribution >= 0.6 is 0 Å². The second kappa shape index (κ2) is 3.77. The van der Waals surface area contributed by atoms with Gasteiger partial charge < -0.3 is 15.0 Å². The average molecular weight is 230 g/mol. The van der Waals surface area contributed by atoms with E-state index in [-0.39, 0.29) is 0 Å². The summed E-state index contributed by atoms with van der Waals surface area (Å²) in [5, 5.41) is 1.30. The summed E-state index contributed by atoms with van der Waals surface area (Å²) in [5.41, 5.74) is 10.1. The number of fused-ring (bicyclic) bond motifs is 3. The summed E-state index contributed by atoms with van der Waals surface area (Å²) in [6.07, 6.45) is 3.14. The first-order valence-corrected chi connectivity index (χ1v) is 6.11. The van der Waals surface area contributed by atoms with Crippen molar-refractivity contribution in [1.82, 2.24) is 4.57 Å². The summed E-state index contributed by atoms with van der Waals surface area (Å²) >= 11 is 0. The number of rotatable bonds is 1. The Morgan fingerprint density at radius 2 is 2.24 bits per heavy atom. The molecule has 3 nitrogen and oxygen atoms in total. The Morgan fingerprint density at radius 1 is 1.41 bits per heavy atom. The van der Waals surface area contributed by atoms with Gasteiger partial charge in [-0.15, -0.1) is 0 Å². The summed E-state index contributed by atoms with van der Waals surface area (Å²) in [6, 6.07) is 6.56. The molecule has 1 heterocycles. The topological polar surface area (TPSA) is 40.2 Å². The van der Waals surface area contributed by atoms with E-state index in [0.29, 0.717) is 6.04 Å². The number of aromatic nitrogens is 1. The minimum atomic E-state index is 0.305. The number of benzene rings is 1. The monoisotopic (exact) mass is 230 g/mol. The Bertz CT molecular complexity index is 571. The maximum Gasteiger partial charge on any atom is 0.143 e. The largest absolute Gasteiger partial charge is 0.495 e. The van der Waals surface area contributed by atoms with Crippen molar-refractivity contribution >= 4 is 10.9 Å². The SMILES string of the molecule is COc1cccc2c3c(n(C)c12)CCC(N)C3. The van der Waals surface area contributed by atoms with Crippen LogP contribution in [0.5, 0.6) is 5.75 Å². The van der Waals surface area contributed by atoms with Crippen LogP contribution in [0.25, 0.3) is 10.9 Å². The van der Waals surface area contributed by atoms with Crippen LogP contribution in [0.15, 0.2) is 18.2 Å². The second-order valence-electron chi connectivity index (χ2n) is 4.84. The molecule has 1 aliphatic carbocycles. The lowest BCUT2D eigenvalue weighted by molar-refractivity contribution is 0.417. The van der Waals surface area contributed by atoms with Crippen molar-refractivity contribution in [3.63, 3.8) is 0 Å². The molecule has 0 amide bonds. The summed E-state index contributed by atoms with van der Waals surface area (Å²) in [5.74, 6) is 0.952. The van der Waals surface area contributed by atoms with Crippen molar-refractivity contribution in [2.45, 2.75) is 25.3 Å². The second-order valence-corrected chi connectivity index (χ2v) is 4.84. The fraction of sp³-hybridized carbons (Fsp3) is 0.429. The molecule has 0 radical (unpaired) electrons. The molecule has 0 fully saturated rings. The molecule has 90 valence electrons. The van der Waals surface area contributed by atoms with Crippen molar-refractivity contribution in [3.05, 3.63) is 29.5 Å². The van der Waals surface area contributed by atoms with Crippen molar-refractivity contribution in [1.29, 1.82) is 0 Å². The van der Waals surface area contributed by atoms with E-state index < -0.39 is 0 Å². The number of nitrogens with two attached hydrogens (primary N) is 1. The van der Waals surface area contributed by atoms with Gasteiger partial charge in [-0.1, -0.05) is 12.1 Å². The highest BCUT2D eigenvalue weighted by atomic mass is 16.5. The lowest BCUT2D eigenvalue weighted by Crippen LogP contribution is -2.28. The smallest absolute Gasteiger partial charge is 0.143 e. The summed E-state index contributed by atoms with van der Waals surface area (Å²) in [6.45, 7) is 0. The molecule has 17 heavy (non-hydrogen) atoms. The number of hydrogen-bond donors (Lipinski definition) is 1. The van der Waals surface area contributed by atoms with Crippen molar-refractivity contribution in [2.24, 2.45) is 12.8 Å². The lowest BCUT2D eigenvalue weighted by atomic mass is 9.92. The van der Waals surface area contributed by atoms with Crippen molar-refractivity contribution < 1.29 is 4.74 Å². The molecule has 2 aromatic rings. The predicted octanol–water partition coefficient (Wildman–Crippen LogP) is 2.00. The highest BCUT2D eigenvalue weighted by Crippen LogP contribution is 2.35. The minimum absolute atomic E-state index is 0.305. The first-order valence-electron chi connectivity index (χ1n) is 6.11. The number of methoxy groups -OCH3 is 1. The standard InChI is InChI=1S/C14H18N2O/c1-16-12-7-6-9(15)8-11(12)10-4-3-5-13(17-2)14(10)16/h3-5,9H,6-8,15H2,1-2H3. The molecule has 0 saturated carbocycles. The highest BCUT2D eigenvalue weighted by Gasteiger charge is 2.23. The van der Waals surface area contributed by atoms with Crippen LogP contribution in [0.3, 0.4) is 0 Å². The molecule has 0 spiro atoms. The van der Waals surface area contributed by atoms with Crippen molar-refractivity contribution in [3.8, 4) is 5.75 Å². The number of hydrogen-bond acceptors (Lipinski definition) is 2. The molecule has 0 aliphatic heterocycles. The predicted molar refractivity (Wildman–Crippen MR) is 69.5 cm³/mol. The Morgan fingerprint density at radius 3 is 3.00 bits per heavy atom. The number of para-hydroxylation sites is 1. The Kier molecular flexibility index (Phi) is 2.37. The van der Waals surface area contributed by atoms with Crippen LogP contribution in [0.4, 0.5) is 0 Å². The number of nitrogens with zero attached hydrogens (tertiary/aromatic N) is 1. The van der Waals surface area contributed by atoms with Crippen LogP contribution in [0.1, 0.15) is 17.7 Å². The van der Waals surface area contributed by atoms with E-state index in [1.807, 2.05) is 6.07 Å². The summed E-state index contributed by atoms with van der Waals surface area (Å²) in [4.78, 5) is 0. The van der Waals surface area contributed by atoms with Gasteiger partial charge in [-0.2, -0.15) is 0 Å². The van der Waals surface area contributed by atoms with Gasteiger partial charge in [0.25, 0.3) is 0 Å². The maximum absolute atomic E-state index is 6.08. The zero-order valence-corrected chi connectivity index (χ0v) is 10.4. The average Bonchev–Trinajstić information content (AvgIpc) is 2.63. The Hall–Kier alpha value is -1.48. The number of aryl methyl sites for hydroxylation is 1. The zero-order valence-electron chi connectivity index (χ0n) is 10.4. The zero-order chi connectivity index (χ0) is 12.0. The molecule has 0 saturated heterocycles. The van der Waals surface area contributed by atoms with Crippen LogP contribution in [0.2, 0.25) is 0 Å². The van der Waals surface area contributed by atoms with Crippen LogP contribution in [-0.2, 0) is 19.9 Å². The van der Waals surface area contributed by atoms with Gasteiger partial charge in [-0.25, -0.2) is 0 Å². The fourth-order valence-electron chi connectivity index (χ4n) is 3.00. The van der Waals surface area contributed by atoms with Gasteiger partial charge in [-0.3, -0.25) is 0 Å². The summed E-state index contributed by atoms with van der Waals surface area (Å²) in [7, 11) is 3.85. The number of ether oxygens (including phenoxy) is 1. The fourth-order valence-corrected chi connectivity index (χ4v) is 3.00. The van der Waals surface area contributed by atoms with Gasteiger partial charge in [0.15, 0.2) is 0 Å². The van der Waals surface area contributed by atoms with E-state index in [2.05, 4.69) is 23.7 Å². The first kappa shape index (κ1) is 10.7. The van der Waals surface area contributed by atoms with Crippen molar-refractivity contribution in [2.75, 3.05) is 7.11 Å². The normalized spacial score (nSPS) is 19.4. The molecule has 0 bridgehead atoms. The Labute approximate surface area is 101 Å². The van der Waals surface area contributed by atoms with Gasteiger partial charge in [0.05, 0.1) is 12.6 Å². The molecular formula is C14H18N2O. The Balaban J connectivity index is 2.33. The third-order valence-corrected chi connectivity index (χ3v) is 3.85. The van der Waals surface area contributed by atoms with E-state index in [4.69, 9.17) is 10.5 Å². The molecule has 1 aromatic carbocycles. The molecule has 3 heteroatoms. The van der Waals surface area contributed by atoms with E-state index in [1.54, 1.807) is 7.11 Å². The van der Waals surface area contributed by atoms with Gasteiger partial charge >= 0.3 is 0 Å². The van der Waals surface area contributed by atoms with Gasteiger partial charge in [0.2, 0.25) is 0 Å². The van der Waals surface area contributed by atoms with Crippen LogP contribution in [-0.4, -0.2) is 17.7 Å². The lowest BCUT2D eigenvalue weighted by Gasteiger charge is -2.19. The molecular weight excluding hydrogens is 212 g/mol. The molecule has 1 aliphatic rings. The third kappa shape index (κ3) is 1.46. The molecule has 1 aromatic heterocycles. The third-order valence-electron chi connectivity index (χ3n) is 3.85. The van der Waals surface area contributed by atoms with E-state index >= 15 is 0 Å². The van der Waals surface area contributed by atoms with Crippen LogP contribution < -0.4 is 10.5 Å². The van der Waals surface area contributed by atoms with E-state index in [1.165, 1.54) is 22.2 Å². The van der Waals surface area contributed by atoms with Gasteiger partial charge in [-0.05, 0) is 30.9 Å². The molecule has 1 atom stereocenters. The quantitative estimate of drug-likeness (QED) is 0.814.